The number of aliphatic hydroxyl groups is 1. The monoisotopic (exact) mass is 149 g/mol. The van der Waals surface area contributed by atoms with E-state index in [1.807, 2.05) is 12.1 Å². The van der Waals surface area contributed by atoms with Gasteiger partial charge < -0.3 is 10.4 Å². The molecule has 2 heteroatoms. The van der Waals surface area contributed by atoms with E-state index in [1.54, 1.807) is 0 Å². The van der Waals surface area contributed by atoms with Gasteiger partial charge in [-0.15, -0.1) is 0 Å². The zero-order valence-corrected chi connectivity index (χ0v) is 6.30. The molecule has 0 bridgehead atoms. The molecule has 0 aliphatic carbocycles. The maximum Gasteiger partial charge on any atom is 0.0685 e. The van der Waals surface area contributed by atoms with Gasteiger partial charge in [-0.25, -0.2) is 0 Å². The molecule has 0 atom stereocenters. The molecular weight excluding hydrogens is 138 g/mol. The standard InChI is InChI=1S/C9H11NO/c11-6-8-3-1-2-7-4-10-5-9(7)8/h1-3,10-11H,4-6H2. The third kappa shape index (κ3) is 1.04. The summed E-state index contributed by atoms with van der Waals surface area (Å²) in [5.74, 6) is 0. The van der Waals surface area contributed by atoms with Crippen LogP contribution in [0, 0.1) is 0 Å². The Balaban J connectivity index is 2.50. The van der Waals surface area contributed by atoms with Gasteiger partial charge in [0.2, 0.25) is 0 Å². The van der Waals surface area contributed by atoms with Crippen LogP contribution >= 0.6 is 0 Å². The van der Waals surface area contributed by atoms with Crippen LogP contribution in [0.1, 0.15) is 16.7 Å². The molecule has 0 spiro atoms. The summed E-state index contributed by atoms with van der Waals surface area (Å²) >= 11 is 0. The van der Waals surface area contributed by atoms with Crippen molar-refractivity contribution in [3.8, 4) is 0 Å². The van der Waals surface area contributed by atoms with Crippen molar-refractivity contribution in [2.75, 3.05) is 0 Å². The van der Waals surface area contributed by atoms with Crippen LogP contribution in [-0.4, -0.2) is 5.11 Å². The molecule has 2 rings (SSSR count). The highest BCUT2D eigenvalue weighted by Gasteiger charge is 2.11. The number of nitrogens with one attached hydrogen (secondary N) is 1. The van der Waals surface area contributed by atoms with Crippen molar-refractivity contribution in [3.63, 3.8) is 0 Å². The van der Waals surface area contributed by atoms with Crippen LogP contribution in [0.4, 0.5) is 0 Å². The normalized spacial score (nSPS) is 15.0. The first-order chi connectivity index (χ1) is 5.42. The first-order valence-corrected chi connectivity index (χ1v) is 3.83. The van der Waals surface area contributed by atoms with Crippen molar-refractivity contribution in [2.45, 2.75) is 19.7 Å². The van der Waals surface area contributed by atoms with Gasteiger partial charge in [0.05, 0.1) is 6.61 Å². The van der Waals surface area contributed by atoms with Crippen LogP contribution in [0.3, 0.4) is 0 Å². The number of hydrogen-bond donors (Lipinski definition) is 2. The van der Waals surface area contributed by atoms with Gasteiger partial charge in [0.1, 0.15) is 0 Å². The third-order valence-electron chi connectivity index (χ3n) is 2.16. The Morgan fingerprint density at radius 1 is 1.36 bits per heavy atom. The molecule has 1 aliphatic heterocycles. The molecule has 58 valence electrons. The van der Waals surface area contributed by atoms with Gasteiger partial charge in [-0.2, -0.15) is 0 Å². The first-order valence-electron chi connectivity index (χ1n) is 3.83. The Morgan fingerprint density at radius 2 is 2.27 bits per heavy atom. The molecule has 2 nitrogen and oxygen atoms in total. The fourth-order valence-electron chi connectivity index (χ4n) is 1.55. The molecule has 0 unspecified atom stereocenters. The second-order valence-electron chi connectivity index (χ2n) is 2.82. The summed E-state index contributed by atoms with van der Waals surface area (Å²) < 4.78 is 0. The topological polar surface area (TPSA) is 32.3 Å². The van der Waals surface area contributed by atoms with Crippen molar-refractivity contribution in [2.24, 2.45) is 0 Å². The van der Waals surface area contributed by atoms with Crippen LogP contribution in [0.2, 0.25) is 0 Å². The summed E-state index contributed by atoms with van der Waals surface area (Å²) in [6.45, 7) is 2.01. The summed E-state index contributed by atoms with van der Waals surface area (Å²) in [7, 11) is 0. The Kier molecular flexibility index (Phi) is 1.64. The van der Waals surface area contributed by atoms with Crippen molar-refractivity contribution in [1.82, 2.24) is 5.32 Å². The van der Waals surface area contributed by atoms with Gasteiger partial charge in [0, 0.05) is 13.1 Å². The Hall–Kier alpha value is -0.860. The van der Waals surface area contributed by atoms with Crippen molar-refractivity contribution < 1.29 is 5.11 Å². The number of benzene rings is 1. The lowest BCUT2D eigenvalue weighted by molar-refractivity contribution is 0.280. The second kappa shape index (κ2) is 2.64. The highest BCUT2D eigenvalue weighted by Crippen LogP contribution is 2.19. The lowest BCUT2D eigenvalue weighted by atomic mass is 10.0. The van der Waals surface area contributed by atoms with E-state index >= 15 is 0 Å². The number of fused-ring (bicyclic) bond motifs is 1. The molecule has 0 amide bonds. The molecule has 0 radical (unpaired) electrons. The highest BCUT2D eigenvalue weighted by atomic mass is 16.3. The maximum atomic E-state index is 8.97. The lowest BCUT2D eigenvalue weighted by Crippen LogP contribution is -2.01. The quantitative estimate of drug-likeness (QED) is 0.618. The predicted octanol–water partition coefficient (Wildman–Crippen LogP) is 0.782. The molecule has 2 N–H and O–H groups in total. The fraction of sp³-hybridized carbons (Fsp3) is 0.333. The first kappa shape index (κ1) is 6.83. The van der Waals surface area contributed by atoms with Crippen LogP contribution < -0.4 is 5.32 Å². The van der Waals surface area contributed by atoms with E-state index in [0.717, 1.165) is 18.7 Å². The minimum Gasteiger partial charge on any atom is -0.392 e. The van der Waals surface area contributed by atoms with Gasteiger partial charge in [-0.1, -0.05) is 18.2 Å². The smallest absolute Gasteiger partial charge is 0.0685 e. The maximum absolute atomic E-state index is 8.97. The van der Waals surface area contributed by atoms with Crippen LogP contribution in [0.25, 0.3) is 0 Å². The van der Waals surface area contributed by atoms with Gasteiger partial charge >= 0.3 is 0 Å². The van der Waals surface area contributed by atoms with Gasteiger partial charge in [-0.3, -0.25) is 0 Å². The largest absolute Gasteiger partial charge is 0.392 e. The lowest BCUT2D eigenvalue weighted by Gasteiger charge is -2.02. The van der Waals surface area contributed by atoms with E-state index in [4.69, 9.17) is 5.11 Å². The average Bonchev–Trinajstić information content (AvgIpc) is 2.50. The molecule has 1 heterocycles. The van der Waals surface area contributed by atoms with Crippen LogP contribution in [0.5, 0.6) is 0 Å². The second-order valence-corrected chi connectivity index (χ2v) is 2.82. The molecule has 0 saturated heterocycles. The van der Waals surface area contributed by atoms with Crippen molar-refractivity contribution in [1.29, 1.82) is 0 Å². The van der Waals surface area contributed by atoms with Crippen LogP contribution in [0.15, 0.2) is 18.2 Å². The van der Waals surface area contributed by atoms with Gasteiger partial charge in [0.15, 0.2) is 0 Å². The van der Waals surface area contributed by atoms with E-state index in [9.17, 15) is 0 Å². The summed E-state index contributed by atoms with van der Waals surface area (Å²) in [6.07, 6.45) is 0. The molecule has 0 aromatic heterocycles. The zero-order chi connectivity index (χ0) is 7.68. The molecule has 1 aliphatic rings. The Labute approximate surface area is 65.9 Å². The van der Waals surface area contributed by atoms with E-state index in [1.165, 1.54) is 11.1 Å². The fourth-order valence-corrected chi connectivity index (χ4v) is 1.55. The zero-order valence-electron chi connectivity index (χ0n) is 6.30. The van der Waals surface area contributed by atoms with E-state index < -0.39 is 0 Å². The minimum absolute atomic E-state index is 0.158. The summed E-state index contributed by atoms with van der Waals surface area (Å²) in [6, 6.07) is 6.08. The molecule has 1 aromatic rings. The summed E-state index contributed by atoms with van der Waals surface area (Å²) in [5.41, 5.74) is 3.68. The van der Waals surface area contributed by atoms with Gasteiger partial charge in [0.25, 0.3) is 0 Å². The summed E-state index contributed by atoms with van der Waals surface area (Å²) in [4.78, 5) is 0. The Morgan fingerprint density at radius 3 is 3.09 bits per heavy atom. The average molecular weight is 149 g/mol. The predicted molar refractivity (Wildman–Crippen MR) is 42.9 cm³/mol. The highest BCUT2D eigenvalue weighted by molar-refractivity contribution is 5.37. The number of rotatable bonds is 1. The minimum atomic E-state index is 0.158. The third-order valence-corrected chi connectivity index (χ3v) is 2.16. The number of hydrogen-bond acceptors (Lipinski definition) is 2. The van der Waals surface area contributed by atoms with E-state index in [0.29, 0.717) is 0 Å². The molecule has 0 saturated carbocycles. The van der Waals surface area contributed by atoms with Gasteiger partial charge in [-0.05, 0) is 16.7 Å². The van der Waals surface area contributed by atoms with Crippen molar-refractivity contribution in [3.05, 3.63) is 34.9 Å². The summed E-state index contributed by atoms with van der Waals surface area (Å²) in [5, 5.41) is 12.2. The molecule has 0 fully saturated rings. The molecule has 1 aromatic carbocycles. The van der Waals surface area contributed by atoms with Crippen molar-refractivity contribution >= 4 is 0 Å². The number of aliphatic hydroxyl groups excluding tert-OH is 1. The van der Waals surface area contributed by atoms with E-state index in [2.05, 4.69) is 11.4 Å². The molecular formula is C9H11NO. The van der Waals surface area contributed by atoms with E-state index in [-0.39, 0.29) is 6.61 Å². The SMILES string of the molecule is OCc1cccc2c1CNC2. The molecule has 11 heavy (non-hydrogen) atoms. The van der Waals surface area contributed by atoms with Crippen LogP contribution in [-0.2, 0) is 19.7 Å². The Bertz CT molecular complexity index is 270.